The fourth-order valence-corrected chi connectivity index (χ4v) is 4.38. The van der Waals surface area contributed by atoms with Crippen LogP contribution in [0.15, 0.2) is 23.1 Å². The van der Waals surface area contributed by atoms with Gasteiger partial charge in [0.15, 0.2) is 0 Å². The van der Waals surface area contributed by atoms with E-state index in [-0.39, 0.29) is 11.5 Å². The molecule has 4 nitrogen and oxygen atoms in total. The lowest BCUT2D eigenvalue weighted by Gasteiger charge is -2.21. The Hall–Kier alpha value is -0.980. The summed E-state index contributed by atoms with van der Waals surface area (Å²) in [7, 11) is -3.83. The van der Waals surface area contributed by atoms with Gasteiger partial charge in [-0.05, 0) is 42.9 Å². The minimum absolute atomic E-state index is 0.305. The van der Waals surface area contributed by atoms with Gasteiger partial charge in [0.25, 0.3) is 0 Å². The third-order valence-corrected chi connectivity index (χ3v) is 6.09. The fourth-order valence-electron chi connectivity index (χ4n) is 2.77. The zero-order chi connectivity index (χ0) is 15.5. The molecule has 0 saturated carbocycles. The van der Waals surface area contributed by atoms with Crippen LogP contribution in [0.25, 0.3) is 0 Å². The molecule has 1 aromatic carbocycles. The summed E-state index contributed by atoms with van der Waals surface area (Å²) < 4.78 is 40.5. The molecular weight excluding hydrogens is 293 g/mol. The van der Waals surface area contributed by atoms with Crippen molar-refractivity contribution in [3.63, 3.8) is 0 Å². The van der Waals surface area contributed by atoms with E-state index in [1.54, 1.807) is 0 Å². The Bertz CT molecular complexity index is 589. The Morgan fingerprint density at radius 3 is 2.76 bits per heavy atom. The normalized spacial score (nSPS) is 21.2. The Morgan fingerprint density at radius 2 is 2.10 bits per heavy atom. The number of sulfonamides is 1. The second kappa shape index (κ2) is 6.85. The van der Waals surface area contributed by atoms with Gasteiger partial charge in [0.05, 0.1) is 6.61 Å². The van der Waals surface area contributed by atoms with Crippen LogP contribution in [-0.2, 0) is 16.6 Å². The number of nitrogens with zero attached hydrogens (tertiary/aromatic N) is 1. The zero-order valence-corrected chi connectivity index (χ0v) is 13.1. The molecule has 1 saturated heterocycles. The summed E-state index contributed by atoms with van der Waals surface area (Å²) in [6, 6.07) is 3.72. The van der Waals surface area contributed by atoms with Crippen molar-refractivity contribution in [3.8, 4) is 0 Å². The molecule has 118 valence electrons. The van der Waals surface area contributed by atoms with Crippen molar-refractivity contribution < 1.29 is 17.9 Å². The van der Waals surface area contributed by atoms with E-state index in [1.165, 1.54) is 16.4 Å². The summed E-state index contributed by atoms with van der Waals surface area (Å²) in [4.78, 5) is -0.330. The van der Waals surface area contributed by atoms with Crippen LogP contribution in [0.5, 0.6) is 0 Å². The van der Waals surface area contributed by atoms with Gasteiger partial charge >= 0.3 is 0 Å². The molecule has 1 aliphatic rings. The lowest BCUT2D eigenvalue weighted by atomic mass is 9.98. The monoisotopic (exact) mass is 315 g/mol. The van der Waals surface area contributed by atoms with Crippen molar-refractivity contribution in [2.24, 2.45) is 5.92 Å². The van der Waals surface area contributed by atoms with Gasteiger partial charge in [0, 0.05) is 13.1 Å². The summed E-state index contributed by atoms with van der Waals surface area (Å²) in [5.74, 6) is -0.220. The fraction of sp³-hybridized carbons (Fsp3) is 0.600. The van der Waals surface area contributed by atoms with Crippen LogP contribution in [0.4, 0.5) is 4.39 Å². The van der Waals surface area contributed by atoms with E-state index in [0.29, 0.717) is 24.6 Å². The smallest absolute Gasteiger partial charge is 0.245 e. The summed E-state index contributed by atoms with van der Waals surface area (Å²) in [6.45, 7) is 2.67. The van der Waals surface area contributed by atoms with Crippen LogP contribution in [0.1, 0.15) is 38.2 Å². The van der Waals surface area contributed by atoms with Gasteiger partial charge in [0.2, 0.25) is 10.0 Å². The number of hydrogen-bond acceptors (Lipinski definition) is 3. The molecule has 1 heterocycles. The molecule has 0 amide bonds. The van der Waals surface area contributed by atoms with E-state index < -0.39 is 15.8 Å². The van der Waals surface area contributed by atoms with Crippen molar-refractivity contribution in [2.45, 2.75) is 44.1 Å². The van der Waals surface area contributed by atoms with Crippen LogP contribution in [0, 0.1) is 11.7 Å². The molecule has 21 heavy (non-hydrogen) atoms. The molecule has 1 aromatic rings. The van der Waals surface area contributed by atoms with Crippen molar-refractivity contribution >= 4 is 10.0 Å². The first-order valence-corrected chi connectivity index (χ1v) is 8.82. The predicted octanol–water partition coefficient (Wildman–Crippen LogP) is 2.52. The van der Waals surface area contributed by atoms with E-state index in [1.807, 2.05) is 0 Å². The number of rotatable bonds is 4. The maximum Gasteiger partial charge on any atom is 0.245 e. The molecule has 1 aliphatic heterocycles. The standard InChI is InChI=1S/C15H22FNO3S/c1-2-12-4-3-8-17(9-7-12)21(19,20)15-10-13(11-18)5-6-14(15)16/h5-6,10,12,18H,2-4,7-9,11H2,1H3. The van der Waals surface area contributed by atoms with Crippen LogP contribution < -0.4 is 0 Å². The first-order chi connectivity index (χ1) is 9.98. The molecule has 2 rings (SSSR count). The highest BCUT2D eigenvalue weighted by Crippen LogP contribution is 2.26. The molecule has 0 bridgehead atoms. The second-order valence-corrected chi connectivity index (χ2v) is 7.44. The van der Waals surface area contributed by atoms with Crippen LogP contribution in [-0.4, -0.2) is 30.9 Å². The molecule has 1 atom stereocenters. The summed E-state index contributed by atoms with van der Waals surface area (Å²) in [6.07, 6.45) is 3.68. The largest absolute Gasteiger partial charge is 0.392 e. The molecule has 0 spiro atoms. The molecule has 1 N–H and O–H groups in total. The maximum absolute atomic E-state index is 13.9. The van der Waals surface area contributed by atoms with Crippen LogP contribution in [0.3, 0.4) is 0 Å². The number of aliphatic hydroxyl groups is 1. The van der Waals surface area contributed by atoms with Gasteiger partial charge in [-0.15, -0.1) is 0 Å². The lowest BCUT2D eigenvalue weighted by Crippen LogP contribution is -2.32. The zero-order valence-electron chi connectivity index (χ0n) is 12.3. The average Bonchev–Trinajstić information content (AvgIpc) is 2.73. The van der Waals surface area contributed by atoms with Crippen molar-refractivity contribution in [1.82, 2.24) is 4.31 Å². The third kappa shape index (κ3) is 3.62. The highest BCUT2D eigenvalue weighted by atomic mass is 32.2. The number of halogens is 1. The third-order valence-electron chi connectivity index (χ3n) is 4.18. The molecule has 0 aromatic heterocycles. The minimum atomic E-state index is -3.83. The Labute approximate surface area is 125 Å². The minimum Gasteiger partial charge on any atom is -0.392 e. The predicted molar refractivity (Wildman–Crippen MR) is 78.7 cm³/mol. The van der Waals surface area contributed by atoms with Crippen molar-refractivity contribution in [3.05, 3.63) is 29.6 Å². The molecule has 0 radical (unpaired) electrons. The summed E-state index contributed by atoms with van der Waals surface area (Å²) in [5, 5.41) is 9.11. The highest BCUT2D eigenvalue weighted by Gasteiger charge is 2.29. The summed E-state index contributed by atoms with van der Waals surface area (Å²) in [5.41, 5.74) is 0.399. The van der Waals surface area contributed by atoms with Crippen LogP contribution >= 0.6 is 0 Å². The number of benzene rings is 1. The van der Waals surface area contributed by atoms with Gasteiger partial charge in [0.1, 0.15) is 10.7 Å². The highest BCUT2D eigenvalue weighted by molar-refractivity contribution is 7.89. The first-order valence-electron chi connectivity index (χ1n) is 7.38. The maximum atomic E-state index is 13.9. The van der Waals surface area contributed by atoms with Crippen molar-refractivity contribution in [2.75, 3.05) is 13.1 Å². The molecule has 0 aliphatic carbocycles. The van der Waals surface area contributed by atoms with Gasteiger partial charge in [-0.3, -0.25) is 0 Å². The quantitative estimate of drug-likeness (QED) is 0.929. The molecule has 1 fully saturated rings. The van der Waals surface area contributed by atoms with E-state index in [0.717, 1.165) is 31.7 Å². The first kappa shape index (κ1) is 16.4. The lowest BCUT2D eigenvalue weighted by molar-refractivity contribution is 0.281. The molecular formula is C15H22FNO3S. The Kier molecular flexibility index (Phi) is 5.35. The average molecular weight is 315 g/mol. The van der Waals surface area contributed by atoms with Gasteiger partial charge in [-0.25, -0.2) is 12.8 Å². The Balaban J connectivity index is 2.29. The van der Waals surface area contributed by atoms with E-state index in [2.05, 4.69) is 6.92 Å². The van der Waals surface area contributed by atoms with E-state index >= 15 is 0 Å². The topological polar surface area (TPSA) is 57.6 Å². The van der Waals surface area contributed by atoms with E-state index in [4.69, 9.17) is 5.11 Å². The van der Waals surface area contributed by atoms with Gasteiger partial charge in [-0.1, -0.05) is 19.4 Å². The molecule has 6 heteroatoms. The number of hydrogen-bond donors (Lipinski definition) is 1. The molecule has 1 unspecified atom stereocenters. The second-order valence-electron chi connectivity index (χ2n) is 5.53. The van der Waals surface area contributed by atoms with E-state index in [9.17, 15) is 12.8 Å². The van der Waals surface area contributed by atoms with Crippen LogP contribution in [0.2, 0.25) is 0 Å². The Morgan fingerprint density at radius 1 is 1.33 bits per heavy atom. The summed E-state index contributed by atoms with van der Waals surface area (Å²) >= 11 is 0. The van der Waals surface area contributed by atoms with Crippen molar-refractivity contribution in [1.29, 1.82) is 0 Å². The van der Waals surface area contributed by atoms with Gasteiger partial charge in [-0.2, -0.15) is 4.31 Å². The number of aliphatic hydroxyl groups excluding tert-OH is 1. The SMILES string of the molecule is CCC1CCCN(S(=O)(=O)c2cc(CO)ccc2F)CC1. The van der Waals surface area contributed by atoms with Gasteiger partial charge < -0.3 is 5.11 Å².